The molecule has 0 unspecified atom stereocenters. The van der Waals surface area contributed by atoms with Crippen molar-refractivity contribution in [2.45, 2.75) is 39.5 Å². The third kappa shape index (κ3) is 9.14. The number of unbranched alkanes of at least 4 members (excludes halogenated alkanes) is 3. The SMILES string of the molecule is CCCCCCOC(=O)C(C)=CN(Cl)C(N)=NC(N)=NCl. The Morgan fingerprint density at radius 2 is 2.00 bits per heavy atom. The quantitative estimate of drug-likeness (QED) is 0.185. The van der Waals surface area contributed by atoms with Gasteiger partial charge in [-0.3, -0.25) is 0 Å². The molecule has 0 fully saturated rings. The first-order valence-electron chi connectivity index (χ1n) is 6.51. The van der Waals surface area contributed by atoms with Gasteiger partial charge in [-0.05, 0) is 13.3 Å². The van der Waals surface area contributed by atoms with Crippen LogP contribution in [0.25, 0.3) is 0 Å². The van der Waals surface area contributed by atoms with E-state index in [-0.39, 0.29) is 17.5 Å². The summed E-state index contributed by atoms with van der Waals surface area (Å²) in [6.45, 7) is 4.04. The van der Waals surface area contributed by atoms with E-state index in [9.17, 15) is 4.79 Å². The number of guanidine groups is 2. The van der Waals surface area contributed by atoms with Crippen molar-refractivity contribution in [3.05, 3.63) is 11.8 Å². The Kier molecular flexibility index (Phi) is 10.4. The largest absolute Gasteiger partial charge is 0.462 e. The van der Waals surface area contributed by atoms with Gasteiger partial charge in [0.05, 0.1) is 12.2 Å². The van der Waals surface area contributed by atoms with Gasteiger partial charge in [-0.2, -0.15) is 4.99 Å². The smallest absolute Gasteiger partial charge is 0.335 e. The van der Waals surface area contributed by atoms with Gasteiger partial charge in [0.15, 0.2) is 0 Å². The van der Waals surface area contributed by atoms with Crippen molar-refractivity contribution < 1.29 is 9.53 Å². The number of hydrogen-bond donors (Lipinski definition) is 2. The molecule has 4 N–H and O–H groups in total. The molecular formula is C12H21Cl2N5O2. The van der Waals surface area contributed by atoms with Crippen molar-refractivity contribution in [1.29, 1.82) is 0 Å². The molecule has 9 heteroatoms. The van der Waals surface area contributed by atoms with Crippen LogP contribution >= 0.6 is 23.6 Å². The maximum atomic E-state index is 11.7. The van der Waals surface area contributed by atoms with Crippen molar-refractivity contribution in [3.63, 3.8) is 0 Å². The lowest BCUT2D eigenvalue weighted by atomic mass is 10.2. The van der Waals surface area contributed by atoms with E-state index in [1.54, 1.807) is 6.92 Å². The molecule has 0 aliphatic carbocycles. The summed E-state index contributed by atoms with van der Waals surface area (Å²) >= 11 is 10.9. The maximum Gasteiger partial charge on any atom is 0.335 e. The van der Waals surface area contributed by atoms with Gasteiger partial charge in [0, 0.05) is 29.8 Å². The van der Waals surface area contributed by atoms with E-state index in [1.807, 2.05) is 0 Å². The highest BCUT2D eigenvalue weighted by atomic mass is 35.5. The van der Waals surface area contributed by atoms with E-state index >= 15 is 0 Å². The van der Waals surface area contributed by atoms with Gasteiger partial charge >= 0.3 is 5.97 Å². The Hall–Kier alpha value is -1.47. The molecule has 0 saturated heterocycles. The number of carbonyl (C=O) groups is 1. The second-order valence-corrected chi connectivity index (χ2v) is 4.77. The highest BCUT2D eigenvalue weighted by Gasteiger charge is 2.09. The van der Waals surface area contributed by atoms with Gasteiger partial charge in [0.1, 0.15) is 0 Å². The van der Waals surface area contributed by atoms with Crippen LogP contribution in [0.1, 0.15) is 39.5 Å². The average Bonchev–Trinajstić information content (AvgIpc) is 2.46. The fraction of sp³-hybridized carbons (Fsp3) is 0.583. The van der Waals surface area contributed by atoms with E-state index in [4.69, 9.17) is 39.8 Å². The molecule has 0 aromatic heterocycles. The molecule has 0 aliphatic heterocycles. The molecule has 21 heavy (non-hydrogen) atoms. The highest BCUT2D eigenvalue weighted by Crippen LogP contribution is 2.05. The lowest BCUT2D eigenvalue weighted by molar-refractivity contribution is -0.139. The average molecular weight is 338 g/mol. The normalized spacial score (nSPS) is 13.2. The lowest BCUT2D eigenvalue weighted by Gasteiger charge is -2.11. The van der Waals surface area contributed by atoms with Gasteiger partial charge in [-0.1, -0.05) is 26.2 Å². The van der Waals surface area contributed by atoms with Crippen molar-refractivity contribution in [2.75, 3.05) is 6.61 Å². The molecule has 0 aromatic carbocycles. The summed E-state index contributed by atoms with van der Waals surface area (Å²) in [5, 5.41) is 0. The molecule has 7 nitrogen and oxygen atoms in total. The van der Waals surface area contributed by atoms with Crippen LogP contribution in [0.2, 0.25) is 0 Å². The number of hydrogen-bond acceptors (Lipinski definition) is 3. The van der Waals surface area contributed by atoms with Crippen molar-refractivity contribution in [3.8, 4) is 0 Å². The fourth-order valence-corrected chi connectivity index (χ4v) is 1.50. The maximum absolute atomic E-state index is 11.7. The van der Waals surface area contributed by atoms with Crippen LogP contribution in [0, 0.1) is 0 Å². The first-order chi connectivity index (χ1) is 9.92. The van der Waals surface area contributed by atoms with Gasteiger partial charge in [0.25, 0.3) is 0 Å². The molecule has 0 aliphatic rings. The Balaban J connectivity index is 4.38. The van der Waals surface area contributed by atoms with E-state index < -0.39 is 5.97 Å². The van der Waals surface area contributed by atoms with Crippen LogP contribution in [0.5, 0.6) is 0 Å². The van der Waals surface area contributed by atoms with Gasteiger partial charge < -0.3 is 16.2 Å². The lowest BCUT2D eigenvalue weighted by Crippen LogP contribution is -2.29. The molecule has 0 atom stereocenters. The molecule has 0 saturated carbocycles. The molecule has 0 spiro atoms. The molecule has 120 valence electrons. The number of esters is 1. The van der Waals surface area contributed by atoms with Gasteiger partial charge in [-0.25, -0.2) is 9.21 Å². The second kappa shape index (κ2) is 11.2. The summed E-state index contributed by atoms with van der Waals surface area (Å²) in [5.74, 6) is -0.887. The predicted octanol–water partition coefficient (Wildman–Crippen LogP) is 2.25. The zero-order valence-corrected chi connectivity index (χ0v) is 13.7. The number of nitrogens with two attached hydrogens (primary N) is 2. The molecule has 0 heterocycles. The summed E-state index contributed by atoms with van der Waals surface area (Å²) in [6, 6.07) is 0. The predicted molar refractivity (Wildman–Crippen MR) is 85.6 cm³/mol. The van der Waals surface area contributed by atoms with Crippen molar-refractivity contribution >= 4 is 41.4 Å². The molecule has 0 aromatic rings. The van der Waals surface area contributed by atoms with E-state index in [2.05, 4.69) is 16.4 Å². The number of halogens is 2. The van der Waals surface area contributed by atoms with Gasteiger partial charge in [0.2, 0.25) is 11.9 Å². The van der Waals surface area contributed by atoms with Crippen LogP contribution in [0.15, 0.2) is 21.3 Å². The topological polar surface area (TPSA) is 106 Å². The zero-order chi connectivity index (χ0) is 16.3. The third-order valence-corrected chi connectivity index (χ3v) is 2.84. The summed E-state index contributed by atoms with van der Waals surface area (Å²) in [5.41, 5.74) is 11.1. The molecule has 0 bridgehead atoms. The minimum Gasteiger partial charge on any atom is -0.462 e. The van der Waals surface area contributed by atoms with Crippen LogP contribution < -0.4 is 11.5 Å². The monoisotopic (exact) mass is 337 g/mol. The minimum atomic E-state index is -0.469. The Morgan fingerprint density at radius 1 is 1.33 bits per heavy atom. The van der Waals surface area contributed by atoms with Crippen molar-refractivity contribution in [2.24, 2.45) is 21.0 Å². The third-order valence-electron chi connectivity index (χ3n) is 2.39. The Morgan fingerprint density at radius 3 is 2.57 bits per heavy atom. The van der Waals surface area contributed by atoms with E-state index in [1.165, 1.54) is 6.20 Å². The van der Waals surface area contributed by atoms with E-state index in [0.29, 0.717) is 6.61 Å². The first-order valence-corrected chi connectivity index (χ1v) is 7.19. The summed E-state index contributed by atoms with van der Waals surface area (Å²) in [7, 11) is 0. The standard InChI is InChI=1S/C12H21Cl2N5O2/c1-3-4-5-6-7-21-10(20)9(2)8-19(14)12(16)17-11(15)18-13/h8H,3-7H2,1-2H3,(H4,15,16,17,18). The number of rotatable bonds is 7. The summed E-state index contributed by atoms with van der Waals surface area (Å²) in [6.07, 6.45) is 5.39. The van der Waals surface area contributed by atoms with Crippen molar-refractivity contribution in [1.82, 2.24) is 4.42 Å². The van der Waals surface area contributed by atoms with E-state index in [0.717, 1.165) is 30.1 Å². The number of nitrogens with zero attached hydrogens (tertiary/aromatic N) is 3. The zero-order valence-electron chi connectivity index (χ0n) is 12.2. The van der Waals surface area contributed by atoms with Crippen LogP contribution in [-0.2, 0) is 9.53 Å². The van der Waals surface area contributed by atoms with Crippen LogP contribution in [-0.4, -0.2) is 28.9 Å². The van der Waals surface area contributed by atoms with Crippen LogP contribution in [0.4, 0.5) is 0 Å². The van der Waals surface area contributed by atoms with Crippen LogP contribution in [0.3, 0.4) is 0 Å². The number of carbonyl (C=O) groups excluding carboxylic acids is 1. The molecule has 0 radical (unpaired) electrons. The second-order valence-electron chi connectivity index (χ2n) is 4.23. The molecule has 0 amide bonds. The first kappa shape index (κ1) is 19.5. The Bertz CT molecular complexity index is 424. The molecular weight excluding hydrogens is 317 g/mol. The molecule has 0 rings (SSSR count). The highest BCUT2D eigenvalue weighted by molar-refractivity contribution is 6.24. The summed E-state index contributed by atoms with van der Waals surface area (Å²) in [4.78, 5) is 15.3. The number of ether oxygens (including phenoxy) is 1. The summed E-state index contributed by atoms with van der Waals surface area (Å²) < 4.78 is 9.09. The minimum absolute atomic E-state index is 0.173. The number of aliphatic imine (C=N–C) groups is 1. The Labute approximate surface area is 134 Å². The van der Waals surface area contributed by atoms with Gasteiger partial charge in [-0.15, -0.1) is 4.51 Å². The fourth-order valence-electron chi connectivity index (χ4n) is 1.28.